The Labute approximate surface area is 114 Å². The van der Waals surface area contributed by atoms with Gasteiger partial charge in [0.05, 0.1) is 5.75 Å². The molecule has 5 nitrogen and oxygen atoms in total. The highest BCUT2D eigenvalue weighted by Crippen LogP contribution is 2.06. The van der Waals surface area contributed by atoms with Gasteiger partial charge in [-0.05, 0) is 24.0 Å². The maximum Gasteiger partial charge on any atom is 0.211 e. The van der Waals surface area contributed by atoms with Crippen molar-refractivity contribution in [1.82, 2.24) is 4.72 Å². The Morgan fingerprint density at radius 2 is 2.11 bits per heavy atom. The van der Waals surface area contributed by atoms with Gasteiger partial charge in [-0.1, -0.05) is 32.0 Å². The van der Waals surface area contributed by atoms with E-state index in [9.17, 15) is 8.42 Å². The number of benzene rings is 1. The Balaban J connectivity index is 2.61. The van der Waals surface area contributed by atoms with E-state index in [0.717, 1.165) is 5.56 Å². The minimum absolute atomic E-state index is 0.0236. The second-order valence-corrected chi connectivity index (χ2v) is 6.86. The number of hydrogen-bond acceptors (Lipinski definition) is 3. The van der Waals surface area contributed by atoms with Gasteiger partial charge in [-0.25, -0.2) is 13.1 Å². The van der Waals surface area contributed by atoms with Crippen LogP contribution in [0.5, 0.6) is 0 Å². The summed E-state index contributed by atoms with van der Waals surface area (Å²) in [6, 6.07) is 7.00. The monoisotopic (exact) mass is 283 g/mol. The Morgan fingerprint density at radius 1 is 1.42 bits per heavy atom. The van der Waals surface area contributed by atoms with Gasteiger partial charge in [-0.15, -0.1) is 0 Å². The predicted octanol–water partition coefficient (Wildman–Crippen LogP) is 1.44. The zero-order chi connectivity index (χ0) is 14.5. The molecule has 1 rings (SSSR count). The average Bonchev–Trinajstić information content (AvgIpc) is 2.35. The van der Waals surface area contributed by atoms with Crippen LogP contribution in [-0.2, 0) is 16.6 Å². The summed E-state index contributed by atoms with van der Waals surface area (Å²) in [5.74, 6) is 0.471. The number of nitrogen functional groups attached to an aromatic ring is 1. The van der Waals surface area contributed by atoms with Crippen molar-refractivity contribution in [3.05, 3.63) is 35.4 Å². The molecule has 0 aliphatic heterocycles. The van der Waals surface area contributed by atoms with Gasteiger partial charge in [0.1, 0.15) is 5.84 Å². The fraction of sp³-hybridized carbons (Fsp3) is 0.462. The molecule has 0 saturated carbocycles. The molecule has 0 atom stereocenters. The van der Waals surface area contributed by atoms with Gasteiger partial charge in [-0.2, -0.15) is 0 Å². The molecule has 0 radical (unpaired) electrons. The standard InChI is InChI=1S/C13H21N3O2S/c1-10(2)6-7-19(17,18)16-9-11-4-3-5-12(8-11)13(14)15/h3-5,8,10,16H,6-7,9H2,1-2H3,(H3,14,15). The smallest absolute Gasteiger partial charge is 0.211 e. The minimum Gasteiger partial charge on any atom is -0.384 e. The van der Waals surface area contributed by atoms with Gasteiger partial charge in [0.2, 0.25) is 10.0 Å². The van der Waals surface area contributed by atoms with Crippen LogP contribution >= 0.6 is 0 Å². The lowest BCUT2D eigenvalue weighted by Gasteiger charge is -2.09. The third kappa shape index (κ3) is 5.85. The summed E-state index contributed by atoms with van der Waals surface area (Å²) in [6.07, 6.45) is 0.642. The second-order valence-electron chi connectivity index (χ2n) is 4.94. The van der Waals surface area contributed by atoms with Gasteiger partial charge in [0.25, 0.3) is 0 Å². The molecule has 0 aliphatic carbocycles. The van der Waals surface area contributed by atoms with E-state index in [2.05, 4.69) is 4.72 Å². The third-order valence-electron chi connectivity index (χ3n) is 2.70. The fourth-order valence-electron chi connectivity index (χ4n) is 1.51. The lowest BCUT2D eigenvalue weighted by molar-refractivity contribution is 0.561. The van der Waals surface area contributed by atoms with E-state index in [0.29, 0.717) is 17.9 Å². The quantitative estimate of drug-likeness (QED) is 0.522. The number of sulfonamides is 1. The summed E-state index contributed by atoms with van der Waals surface area (Å²) in [5.41, 5.74) is 6.78. The van der Waals surface area contributed by atoms with E-state index >= 15 is 0 Å². The van der Waals surface area contributed by atoms with Crippen LogP contribution in [0.25, 0.3) is 0 Å². The zero-order valence-electron chi connectivity index (χ0n) is 11.3. The van der Waals surface area contributed by atoms with E-state index in [1.165, 1.54) is 0 Å². The van der Waals surface area contributed by atoms with Crippen LogP contribution in [-0.4, -0.2) is 20.0 Å². The van der Waals surface area contributed by atoms with Crippen molar-refractivity contribution < 1.29 is 8.42 Å². The number of nitrogens with two attached hydrogens (primary N) is 1. The summed E-state index contributed by atoms with van der Waals surface area (Å²) >= 11 is 0. The molecule has 106 valence electrons. The number of rotatable bonds is 7. The molecule has 0 aliphatic rings. The summed E-state index contributed by atoms with van der Waals surface area (Å²) in [7, 11) is -3.24. The Hall–Kier alpha value is -1.40. The normalized spacial score (nSPS) is 11.7. The summed E-state index contributed by atoms with van der Waals surface area (Å²) < 4.78 is 26.1. The lowest BCUT2D eigenvalue weighted by Crippen LogP contribution is -2.26. The van der Waals surface area contributed by atoms with Crippen LogP contribution in [0.4, 0.5) is 0 Å². The van der Waals surface area contributed by atoms with Gasteiger partial charge in [-0.3, -0.25) is 5.41 Å². The number of hydrogen-bond donors (Lipinski definition) is 3. The van der Waals surface area contributed by atoms with E-state index in [1.54, 1.807) is 24.3 Å². The molecule has 0 spiro atoms. The van der Waals surface area contributed by atoms with Crippen LogP contribution < -0.4 is 10.5 Å². The third-order valence-corrected chi connectivity index (χ3v) is 4.06. The Morgan fingerprint density at radius 3 is 2.68 bits per heavy atom. The molecule has 6 heteroatoms. The molecular formula is C13H21N3O2S. The largest absolute Gasteiger partial charge is 0.384 e. The van der Waals surface area contributed by atoms with Gasteiger partial charge in [0.15, 0.2) is 0 Å². The van der Waals surface area contributed by atoms with Crippen LogP contribution in [0.2, 0.25) is 0 Å². The van der Waals surface area contributed by atoms with Crippen molar-refractivity contribution in [3.63, 3.8) is 0 Å². The molecule has 0 bridgehead atoms. The van der Waals surface area contributed by atoms with E-state index in [4.69, 9.17) is 11.1 Å². The first-order chi connectivity index (χ1) is 8.80. The number of amidine groups is 1. The second kappa shape index (κ2) is 6.68. The van der Waals surface area contributed by atoms with Crippen molar-refractivity contribution in [1.29, 1.82) is 5.41 Å². The molecule has 1 aromatic rings. The molecule has 19 heavy (non-hydrogen) atoms. The summed E-state index contributed by atoms with van der Waals surface area (Å²) in [6.45, 7) is 4.21. The van der Waals surface area contributed by atoms with E-state index in [1.807, 2.05) is 13.8 Å². The summed E-state index contributed by atoms with van der Waals surface area (Å²) in [4.78, 5) is 0. The maximum atomic E-state index is 11.7. The minimum atomic E-state index is -3.24. The van der Waals surface area contributed by atoms with Crippen molar-refractivity contribution in [3.8, 4) is 0 Å². The highest BCUT2D eigenvalue weighted by atomic mass is 32.2. The lowest BCUT2D eigenvalue weighted by atomic mass is 10.1. The first kappa shape index (κ1) is 15.7. The molecule has 0 heterocycles. The molecular weight excluding hydrogens is 262 g/mol. The predicted molar refractivity (Wildman–Crippen MR) is 77.5 cm³/mol. The van der Waals surface area contributed by atoms with Crippen molar-refractivity contribution in [2.24, 2.45) is 11.7 Å². The van der Waals surface area contributed by atoms with E-state index < -0.39 is 10.0 Å². The SMILES string of the molecule is CC(C)CCS(=O)(=O)NCc1cccc(C(=N)N)c1. The van der Waals surface area contributed by atoms with E-state index in [-0.39, 0.29) is 18.1 Å². The van der Waals surface area contributed by atoms with Gasteiger partial charge in [0, 0.05) is 12.1 Å². The Kier molecular flexibility index (Phi) is 5.50. The van der Waals surface area contributed by atoms with Crippen LogP contribution in [0.3, 0.4) is 0 Å². The van der Waals surface area contributed by atoms with Crippen molar-refractivity contribution >= 4 is 15.9 Å². The maximum absolute atomic E-state index is 11.7. The first-order valence-corrected chi connectivity index (χ1v) is 7.86. The fourth-order valence-corrected chi connectivity index (χ4v) is 2.82. The number of nitrogens with one attached hydrogen (secondary N) is 2. The molecule has 0 amide bonds. The van der Waals surface area contributed by atoms with Crippen molar-refractivity contribution in [2.45, 2.75) is 26.8 Å². The van der Waals surface area contributed by atoms with Crippen LogP contribution in [0, 0.1) is 11.3 Å². The summed E-state index contributed by atoms with van der Waals surface area (Å²) in [5, 5.41) is 7.34. The van der Waals surface area contributed by atoms with Crippen molar-refractivity contribution in [2.75, 3.05) is 5.75 Å². The van der Waals surface area contributed by atoms with Gasteiger partial charge >= 0.3 is 0 Å². The molecule has 0 unspecified atom stereocenters. The topological polar surface area (TPSA) is 96.0 Å². The molecule has 0 fully saturated rings. The Bertz CT molecular complexity index is 539. The van der Waals surface area contributed by atoms with Crippen LogP contribution in [0.1, 0.15) is 31.4 Å². The van der Waals surface area contributed by atoms with Gasteiger partial charge < -0.3 is 5.73 Å². The molecule has 1 aromatic carbocycles. The molecule has 4 N–H and O–H groups in total. The zero-order valence-corrected chi connectivity index (χ0v) is 12.1. The highest BCUT2D eigenvalue weighted by Gasteiger charge is 2.11. The molecule has 0 aromatic heterocycles. The van der Waals surface area contributed by atoms with Crippen LogP contribution in [0.15, 0.2) is 24.3 Å². The average molecular weight is 283 g/mol. The molecule has 0 saturated heterocycles. The highest BCUT2D eigenvalue weighted by molar-refractivity contribution is 7.89. The first-order valence-electron chi connectivity index (χ1n) is 6.21.